The predicted octanol–water partition coefficient (Wildman–Crippen LogP) is 5.03. The van der Waals surface area contributed by atoms with E-state index in [9.17, 15) is 9.59 Å². The van der Waals surface area contributed by atoms with Gasteiger partial charge in [-0.15, -0.1) is 11.3 Å². The molecule has 1 aromatic heterocycles. The minimum absolute atomic E-state index is 0.0463. The number of aryl methyl sites for hydroxylation is 1. The first-order chi connectivity index (χ1) is 15.5. The van der Waals surface area contributed by atoms with Crippen molar-refractivity contribution in [3.63, 3.8) is 0 Å². The van der Waals surface area contributed by atoms with E-state index >= 15 is 0 Å². The molecule has 0 aliphatic carbocycles. The number of benzene rings is 1. The Morgan fingerprint density at radius 2 is 1.97 bits per heavy atom. The fraction of sp³-hybridized carbons (Fsp3) is 0.538. The summed E-state index contributed by atoms with van der Waals surface area (Å²) >= 11 is 1.73. The Hall–Kier alpha value is -2.54. The van der Waals surface area contributed by atoms with Gasteiger partial charge in [-0.2, -0.15) is 0 Å². The Balaban J connectivity index is 1.78. The third-order valence-corrected chi connectivity index (χ3v) is 6.58. The number of rotatable bonds is 7. The smallest absolute Gasteiger partial charge is 0.318 e. The number of nitrogens with zero attached hydrogens (tertiary/aromatic N) is 2. The largest absolute Gasteiger partial charge is 0.491 e. The molecule has 1 aromatic carbocycles. The number of urea groups is 1. The van der Waals surface area contributed by atoms with Crippen LogP contribution < -0.4 is 10.1 Å². The highest BCUT2D eigenvalue weighted by Gasteiger charge is 2.34. The molecule has 0 fully saturated rings. The lowest BCUT2D eigenvalue weighted by Crippen LogP contribution is -2.53. The third-order valence-electron chi connectivity index (χ3n) is 5.59. The van der Waals surface area contributed by atoms with Crippen molar-refractivity contribution in [2.75, 3.05) is 26.2 Å². The summed E-state index contributed by atoms with van der Waals surface area (Å²) in [6.07, 6.45) is 0.831. The minimum atomic E-state index is -0.365. The van der Waals surface area contributed by atoms with Crippen LogP contribution in [0.25, 0.3) is 0 Å². The van der Waals surface area contributed by atoms with Gasteiger partial charge in [0.1, 0.15) is 18.9 Å². The van der Waals surface area contributed by atoms with Crippen LogP contribution in [0.3, 0.4) is 0 Å². The highest BCUT2D eigenvalue weighted by molar-refractivity contribution is 7.10. The van der Waals surface area contributed by atoms with Crippen LogP contribution >= 0.6 is 11.3 Å². The lowest BCUT2D eigenvalue weighted by atomic mass is 10.00. The Bertz CT molecular complexity index is 964. The summed E-state index contributed by atoms with van der Waals surface area (Å²) < 4.78 is 6.18. The monoisotopic (exact) mass is 471 g/mol. The number of thiophene rings is 1. The summed E-state index contributed by atoms with van der Waals surface area (Å²) in [4.78, 5) is 31.3. The van der Waals surface area contributed by atoms with E-state index in [1.807, 2.05) is 56.9 Å². The second kappa shape index (κ2) is 10.6. The Kier molecular flexibility index (Phi) is 8.05. The molecule has 33 heavy (non-hydrogen) atoms. The van der Waals surface area contributed by atoms with Crippen molar-refractivity contribution in [1.82, 2.24) is 15.1 Å². The first-order valence-corrected chi connectivity index (χ1v) is 12.5. The zero-order valence-electron chi connectivity index (χ0n) is 20.7. The molecule has 2 aromatic rings. The molecule has 0 radical (unpaired) electrons. The van der Waals surface area contributed by atoms with Crippen LogP contribution in [0.1, 0.15) is 56.7 Å². The van der Waals surface area contributed by atoms with E-state index in [4.69, 9.17) is 4.74 Å². The van der Waals surface area contributed by atoms with Crippen molar-refractivity contribution in [3.05, 3.63) is 51.7 Å². The van der Waals surface area contributed by atoms with E-state index in [1.165, 1.54) is 4.88 Å². The van der Waals surface area contributed by atoms with Gasteiger partial charge in [0.2, 0.25) is 5.91 Å². The number of fused-ring (bicyclic) bond motifs is 1. The molecule has 180 valence electrons. The molecule has 1 aliphatic rings. The van der Waals surface area contributed by atoms with E-state index in [2.05, 4.69) is 30.6 Å². The van der Waals surface area contributed by atoms with Gasteiger partial charge in [0.25, 0.3) is 0 Å². The first kappa shape index (κ1) is 25.1. The van der Waals surface area contributed by atoms with E-state index in [0.717, 1.165) is 23.3 Å². The summed E-state index contributed by atoms with van der Waals surface area (Å²) in [5.74, 6) is 1.04. The lowest BCUT2D eigenvalue weighted by molar-refractivity contribution is -0.135. The minimum Gasteiger partial charge on any atom is -0.491 e. The maximum Gasteiger partial charge on any atom is 0.318 e. The maximum absolute atomic E-state index is 13.5. The first-order valence-electron chi connectivity index (χ1n) is 11.7. The molecule has 1 atom stereocenters. The number of carbonyl (C=O) groups is 2. The normalized spacial score (nSPS) is 15.8. The lowest BCUT2D eigenvalue weighted by Gasteiger charge is -2.37. The van der Waals surface area contributed by atoms with Crippen molar-refractivity contribution >= 4 is 23.3 Å². The van der Waals surface area contributed by atoms with Gasteiger partial charge in [-0.05, 0) is 68.7 Å². The van der Waals surface area contributed by atoms with Crippen LogP contribution in [0.2, 0.25) is 0 Å². The van der Waals surface area contributed by atoms with Crippen molar-refractivity contribution in [1.29, 1.82) is 0 Å². The molecule has 0 unspecified atom stereocenters. The van der Waals surface area contributed by atoms with Crippen LogP contribution in [-0.4, -0.2) is 53.5 Å². The quantitative estimate of drug-likeness (QED) is 0.616. The maximum atomic E-state index is 13.5. The van der Waals surface area contributed by atoms with Crippen LogP contribution in [0.15, 0.2) is 35.7 Å². The number of amides is 3. The molecule has 0 saturated carbocycles. The van der Waals surface area contributed by atoms with Crippen molar-refractivity contribution in [2.45, 2.75) is 59.5 Å². The fourth-order valence-electron chi connectivity index (χ4n) is 4.08. The highest BCUT2D eigenvalue weighted by atomic mass is 32.1. The molecule has 6 nitrogen and oxygen atoms in total. The number of para-hydroxylation sites is 1. The molecule has 1 N–H and O–H groups in total. The standard InChI is InChI=1S/C26H37N3O3S/c1-18(2)15-28(25(31)27-26(4,5)6)16-24(30)29-13-11-23-20(12-14-33-23)21(29)17-32-22-10-8-7-9-19(22)3/h7-10,12,14,18,21H,11,13,15-17H2,1-6H3,(H,27,31)/t21-/m0/s1. The van der Waals surface area contributed by atoms with Crippen molar-refractivity contribution < 1.29 is 14.3 Å². The molecule has 3 amide bonds. The van der Waals surface area contributed by atoms with Gasteiger partial charge in [-0.1, -0.05) is 32.0 Å². The highest BCUT2D eigenvalue weighted by Crippen LogP contribution is 2.34. The van der Waals surface area contributed by atoms with Gasteiger partial charge in [-0.3, -0.25) is 4.79 Å². The average molecular weight is 472 g/mol. The second-order valence-electron chi connectivity index (χ2n) is 10.2. The zero-order chi connectivity index (χ0) is 24.2. The van der Waals surface area contributed by atoms with Crippen LogP contribution in [0, 0.1) is 12.8 Å². The van der Waals surface area contributed by atoms with Gasteiger partial charge in [0, 0.05) is 23.5 Å². The fourth-order valence-corrected chi connectivity index (χ4v) is 5.00. The van der Waals surface area contributed by atoms with Gasteiger partial charge < -0.3 is 19.9 Å². The molecular formula is C26H37N3O3S. The topological polar surface area (TPSA) is 61.9 Å². The van der Waals surface area contributed by atoms with E-state index in [-0.39, 0.29) is 36.0 Å². The molecule has 1 aliphatic heterocycles. The Morgan fingerprint density at radius 1 is 1.24 bits per heavy atom. The van der Waals surface area contributed by atoms with E-state index in [0.29, 0.717) is 19.7 Å². The van der Waals surface area contributed by atoms with E-state index < -0.39 is 0 Å². The van der Waals surface area contributed by atoms with Crippen LogP contribution in [-0.2, 0) is 11.2 Å². The summed E-state index contributed by atoms with van der Waals surface area (Å²) in [6.45, 7) is 13.6. The summed E-state index contributed by atoms with van der Waals surface area (Å²) in [6, 6.07) is 9.65. The number of nitrogens with one attached hydrogen (secondary N) is 1. The predicted molar refractivity (Wildman–Crippen MR) is 134 cm³/mol. The Morgan fingerprint density at radius 3 is 2.64 bits per heavy atom. The molecule has 2 heterocycles. The number of hydrogen-bond acceptors (Lipinski definition) is 4. The molecule has 0 bridgehead atoms. The summed E-state index contributed by atoms with van der Waals surface area (Å²) in [5, 5.41) is 5.09. The number of carbonyl (C=O) groups excluding carboxylic acids is 2. The van der Waals surface area contributed by atoms with Gasteiger partial charge in [-0.25, -0.2) is 4.79 Å². The van der Waals surface area contributed by atoms with Crippen LogP contribution in [0.5, 0.6) is 5.75 Å². The molecule has 3 rings (SSSR count). The second-order valence-corrected chi connectivity index (χ2v) is 11.2. The summed E-state index contributed by atoms with van der Waals surface area (Å²) in [5.41, 5.74) is 1.86. The Labute approximate surface area is 201 Å². The van der Waals surface area contributed by atoms with Gasteiger partial charge in [0.05, 0.1) is 6.04 Å². The van der Waals surface area contributed by atoms with Gasteiger partial charge >= 0.3 is 6.03 Å². The summed E-state index contributed by atoms with van der Waals surface area (Å²) in [7, 11) is 0. The molecule has 7 heteroatoms. The molecule has 0 spiro atoms. The number of hydrogen-bond donors (Lipinski definition) is 1. The molecule has 0 saturated heterocycles. The van der Waals surface area contributed by atoms with Gasteiger partial charge in [0.15, 0.2) is 0 Å². The zero-order valence-corrected chi connectivity index (χ0v) is 21.5. The van der Waals surface area contributed by atoms with Crippen molar-refractivity contribution in [3.8, 4) is 5.75 Å². The average Bonchev–Trinajstić information content (AvgIpc) is 3.20. The van der Waals surface area contributed by atoms with Crippen molar-refractivity contribution in [2.24, 2.45) is 5.92 Å². The van der Waals surface area contributed by atoms with E-state index in [1.54, 1.807) is 16.2 Å². The van der Waals surface area contributed by atoms with Crippen LogP contribution in [0.4, 0.5) is 4.79 Å². The number of ether oxygens (including phenoxy) is 1. The molecular weight excluding hydrogens is 434 g/mol. The third kappa shape index (κ3) is 6.73. The SMILES string of the molecule is Cc1ccccc1OC[C@H]1c2ccsc2CCN1C(=O)CN(CC(C)C)C(=O)NC(C)(C)C.